The lowest BCUT2D eigenvalue weighted by molar-refractivity contribution is -0.125. The van der Waals surface area contributed by atoms with E-state index in [1.165, 1.54) is 26.7 Å². The van der Waals surface area contributed by atoms with Crippen LogP contribution < -0.4 is 14.8 Å². The van der Waals surface area contributed by atoms with Crippen LogP contribution in [0.1, 0.15) is 43.5 Å². The molecule has 25 heavy (non-hydrogen) atoms. The van der Waals surface area contributed by atoms with Crippen LogP contribution in [0.2, 0.25) is 0 Å². The lowest BCUT2D eigenvalue weighted by Gasteiger charge is -2.34. The fraction of sp³-hybridized carbons (Fsp3) is 0.579. The summed E-state index contributed by atoms with van der Waals surface area (Å²) in [5.41, 5.74) is 0.310. The molecule has 1 aromatic carbocycles. The molecule has 138 valence electrons. The number of benzene rings is 1. The number of hydrogen-bond acceptors (Lipinski definition) is 5. The lowest BCUT2D eigenvalue weighted by atomic mass is 9.78. The third-order valence-electron chi connectivity index (χ3n) is 5.01. The molecule has 6 nitrogen and oxygen atoms in total. The first-order valence-electron chi connectivity index (χ1n) is 8.64. The van der Waals surface area contributed by atoms with Gasteiger partial charge in [0.05, 0.1) is 19.8 Å². The standard InChI is InChI=1S/C19H27NO5/c1-12-6-5-7-15(13(12)2)20-18(21)11-25-19(22)14-8-9-16(23-3)17(10-14)24-4/h8-10,12-13,15H,5-7,11H2,1-4H3,(H,20,21)/t12-,13+,15+/m0/s1. The van der Waals surface area contributed by atoms with Crippen LogP contribution in [-0.4, -0.2) is 38.7 Å². The number of hydrogen-bond donors (Lipinski definition) is 1. The maximum atomic E-state index is 12.1. The second-order valence-corrected chi connectivity index (χ2v) is 6.59. The average Bonchev–Trinajstić information content (AvgIpc) is 2.62. The Hall–Kier alpha value is -2.24. The molecule has 2 rings (SSSR count). The van der Waals surface area contributed by atoms with Crippen molar-refractivity contribution < 1.29 is 23.8 Å². The molecule has 0 aromatic heterocycles. The van der Waals surface area contributed by atoms with Crippen molar-refractivity contribution in [2.24, 2.45) is 11.8 Å². The molecule has 1 saturated carbocycles. The number of rotatable bonds is 6. The molecule has 1 amide bonds. The van der Waals surface area contributed by atoms with Gasteiger partial charge < -0.3 is 19.5 Å². The molecular weight excluding hydrogens is 322 g/mol. The van der Waals surface area contributed by atoms with Crippen molar-refractivity contribution in [3.8, 4) is 11.5 Å². The van der Waals surface area contributed by atoms with E-state index in [2.05, 4.69) is 19.2 Å². The summed E-state index contributed by atoms with van der Waals surface area (Å²) in [5.74, 6) is 1.15. The van der Waals surface area contributed by atoms with Gasteiger partial charge in [-0.25, -0.2) is 4.79 Å². The lowest BCUT2D eigenvalue weighted by Crippen LogP contribution is -2.45. The highest BCUT2D eigenvalue weighted by Crippen LogP contribution is 2.29. The molecule has 1 aliphatic rings. The minimum Gasteiger partial charge on any atom is -0.493 e. The number of carbonyl (C=O) groups is 2. The Balaban J connectivity index is 1.88. The molecule has 0 bridgehead atoms. The summed E-state index contributed by atoms with van der Waals surface area (Å²) in [5, 5.41) is 2.99. The van der Waals surface area contributed by atoms with Crippen molar-refractivity contribution >= 4 is 11.9 Å². The maximum absolute atomic E-state index is 12.1. The van der Waals surface area contributed by atoms with E-state index in [1.54, 1.807) is 12.1 Å². The van der Waals surface area contributed by atoms with Gasteiger partial charge in [0.25, 0.3) is 5.91 Å². The van der Waals surface area contributed by atoms with Crippen molar-refractivity contribution in [2.75, 3.05) is 20.8 Å². The van der Waals surface area contributed by atoms with Gasteiger partial charge in [0.1, 0.15) is 0 Å². The second-order valence-electron chi connectivity index (χ2n) is 6.59. The highest BCUT2D eigenvalue weighted by molar-refractivity contribution is 5.92. The van der Waals surface area contributed by atoms with Crippen LogP contribution in [0.5, 0.6) is 11.5 Å². The van der Waals surface area contributed by atoms with E-state index >= 15 is 0 Å². The number of methoxy groups -OCH3 is 2. The van der Waals surface area contributed by atoms with E-state index in [4.69, 9.17) is 14.2 Å². The van der Waals surface area contributed by atoms with Gasteiger partial charge in [-0.05, 0) is 36.5 Å². The molecule has 1 fully saturated rings. The fourth-order valence-corrected chi connectivity index (χ4v) is 3.21. The summed E-state index contributed by atoms with van der Waals surface area (Å²) in [7, 11) is 3.01. The Morgan fingerprint density at radius 3 is 2.52 bits per heavy atom. The van der Waals surface area contributed by atoms with E-state index in [1.807, 2.05) is 0 Å². The summed E-state index contributed by atoms with van der Waals surface area (Å²) >= 11 is 0. The van der Waals surface area contributed by atoms with Crippen LogP contribution in [0, 0.1) is 11.8 Å². The summed E-state index contributed by atoms with van der Waals surface area (Å²) in [6, 6.07) is 4.88. The van der Waals surface area contributed by atoms with Gasteiger partial charge in [-0.1, -0.05) is 26.7 Å². The molecule has 0 aliphatic heterocycles. The van der Waals surface area contributed by atoms with E-state index < -0.39 is 5.97 Å². The SMILES string of the molecule is COc1ccc(C(=O)OCC(=O)N[C@@H]2CCC[C@H](C)[C@H]2C)cc1OC. The molecule has 1 aliphatic carbocycles. The molecule has 3 atom stereocenters. The molecule has 1 aromatic rings. The molecular formula is C19H27NO5. The van der Waals surface area contributed by atoms with Crippen molar-refractivity contribution in [3.63, 3.8) is 0 Å². The zero-order valence-electron chi connectivity index (χ0n) is 15.3. The summed E-state index contributed by atoms with van der Waals surface area (Å²) < 4.78 is 15.4. The Labute approximate surface area is 148 Å². The number of nitrogens with one attached hydrogen (secondary N) is 1. The van der Waals surface area contributed by atoms with Gasteiger partial charge in [0, 0.05) is 6.04 Å². The summed E-state index contributed by atoms with van der Waals surface area (Å²) in [4.78, 5) is 24.2. The first kappa shape index (κ1) is 19.1. The highest BCUT2D eigenvalue weighted by Gasteiger charge is 2.28. The van der Waals surface area contributed by atoms with Gasteiger partial charge in [-0.3, -0.25) is 4.79 Å². The molecule has 0 spiro atoms. The minimum absolute atomic E-state index is 0.149. The first-order chi connectivity index (χ1) is 12.0. The van der Waals surface area contributed by atoms with Crippen molar-refractivity contribution in [1.29, 1.82) is 0 Å². The summed E-state index contributed by atoms with van der Waals surface area (Å²) in [6.45, 7) is 4.08. The largest absolute Gasteiger partial charge is 0.493 e. The quantitative estimate of drug-likeness (QED) is 0.800. The van der Waals surface area contributed by atoms with Crippen LogP contribution in [0.3, 0.4) is 0 Å². The molecule has 0 radical (unpaired) electrons. The van der Waals surface area contributed by atoms with E-state index in [9.17, 15) is 9.59 Å². The number of amides is 1. The fourth-order valence-electron chi connectivity index (χ4n) is 3.21. The topological polar surface area (TPSA) is 73.9 Å². The molecule has 0 saturated heterocycles. The van der Waals surface area contributed by atoms with Gasteiger partial charge in [0.15, 0.2) is 18.1 Å². The van der Waals surface area contributed by atoms with Gasteiger partial charge in [0.2, 0.25) is 0 Å². The monoisotopic (exact) mass is 349 g/mol. The van der Waals surface area contributed by atoms with Crippen molar-refractivity contribution in [1.82, 2.24) is 5.32 Å². The third kappa shape index (κ3) is 4.87. The molecule has 0 unspecified atom stereocenters. The van der Waals surface area contributed by atoms with Crippen LogP contribution in [0.15, 0.2) is 18.2 Å². The molecule has 0 heterocycles. The Kier molecular flexibility index (Phi) is 6.67. The van der Waals surface area contributed by atoms with Crippen LogP contribution in [-0.2, 0) is 9.53 Å². The number of esters is 1. The van der Waals surface area contributed by atoms with Gasteiger partial charge in [-0.15, -0.1) is 0 Å². The third-order valence-corrected chi connectivity index (χ3v) is 5.01. The average molecular weight is 349 g/mol. The molecule has 1 N–H and O–H groups in total. The first-order valence-corrected chi connectivity index (χ1v) is 8.64. The Morgan fingerprint density at radius 2 is 1.84 bits per heavy atom. The van der Waals surface area contributed by atoms with E-state index in [0.29, 0.717) is 28.9 Å². The zero-order chi connectivity index (χ0) is 18.4. The summed E-state index contributed by atoms with van der Waals surface area (Å²) in [6.07, 6.45) is 3.28. The normalized spacial score (nSPS) is 22.8. The van der Waals surface area contributed by atoms with E-state index in [-0.39, 0.29) is 18.6 Å². The van der Waals surface area contributed by atoms with Crippen LogP contribution in [0.4, 0.5) is 0 Å². The van der Waals surface area contributed by atoms with Crippen molar-refractivity contribution in [2.45, 2.75) is 39.2 Å². The second kappa shape index (κ2) is 8.74. The highest BCUT2D eigenvalue weighted by atomic mass is 16.5. The minimum atomic E-state index is -0.568. The maximum Gasteiger partial charge on any atom is 0.338 e. The predicted octanol–water partition coefficient (Wildman–Crippen LogP) is 2.80. The Bertz CT molecular complexity index is 616. The predicted molar refractivity (Wildman–Crippen MR) is 93.9 cm³/mol. The van der Waals surface area contributed by atoms with E-state index in [0.717, 1.165) is 12.8 Å². The number of carbonyl (C=O) groups excluding carboxylic acids is 2. The van der Waals surface area contributed by atoms with Gasteiger partial charge >= 0.3 is 5.97 Å². The number of ether oxygens (including phenoxy) is 3. The smallest absolute Gasteiger partial charge is 0.338 e. The van der Waals surface area contributed by atoms with Crippen LogP contribution in [0.25, 0.3) is 0 Å². The van der Waals surface area contributed by atoms with Gasteiger partial charge in [-0.2, -0.15) is 0 Å². The zero-order valence-corrected chi connectivity index (χ0v) is 15.3. The molecule has 6 heteroatoms. The van der Waals surface area contributed by atoms with Crippen molar-refractivity contribution in [3.05, 3.63) is 23.8 Å². The Morgan fingerprint density at radius 1 is 1.12 bits per heavy atom. The van der Waals surface area contributed by atoms with Crippen LogP contribution >= 0.6 is 0 Å².